The molecule has 1 fully saturated rings. The van der Waals surface area contributed by atoms with E-state index in [-0.39, 0.29) is 55.6 Å². The zero-order chi connectivity index (χ0) is 32.9. The third kappa shape index (κ3) is 6.66. The van der Waals surface area contributed by atoms with Crippen LogP contribution in [0.25, 0.3) is 0 Å². The number of anilines is 1. The minimum Gasteiger partial charge on any atom is -0.444 e. The van der Waals surface area contributed by atoms with Crippen molar-refractivity contribution in [2.45, 2.75) is 96.9 Å². The summed E-state index contributed by atoms with van der Waals surface area (Å²) in [4.78, 5) is 55.7. The van der Waals surface area contributed by atoms with Gasteiger partial charge in [0.1, 0.15) is 11.3 Å². The van der Waals surface area contributed by atoms with Gasteiger partial charge in [-0.05, 0) is 45.4 Å². The number of aromatic nitrogens is 2. The molecular weight excluding hydrogens is 582 g/mol. The number of ether oxygens (including phenoxy) is 1. The van der Waals surface area contributed by atoms with Crippen LogP contribution < -0.4 is 4.90 Å². The van der Waals surface area contributed by atoms with E-state index < -0.39 is 23.0 Å². The van der Waals surface area contributed by atoms with Crippen LogP contribution in [0.4, 0.5) is 19.3 Å². The number of nitrogens with zero attached hydrogens (tertiary/aromatic N) is 6. The molecule has 0 N–H and O–H groups in total. The van der Waals surface area contributed by atoms with Crippen molar-refractivity contribution in [2.24, 2.45) is 0 Å². The summed E-state index contributed by atoms with van der Waals surface area (Å²) in [6.07, 6.45) is 4.23. The van der Waals surface area contributed by atoms with Gasteiger partial charge < -0.3 is 19.4 Å². The van der Waals surface area contributed by atoms with Crippen LogP contribution in [-0.2, 0) is 27.4 Å². The number of alkyl halides is 2. The van der Waals surface area contributed by atoms with Gasteiger partial charge in [-0.3, -0.25) is 24.5 Å². The number of piperazine rings is 1. The van der Waals surface area contributed by atoms with Gasteiger partial charge in [0.15, 0.2) is 0 Å². The second-order valence-electron chi connectivity index (χ2n) is 14.2. The number of carbonyl (C=O) groups excluding carboxylic acids is 3. The largest absolute Gasteiger partial charge is 0.444 e. The Hall–Kier alpha value is -3.67. The zero-order valence-corrected chi connectivity index (χ0v) is 27.3. The normalized spacial score (nSPS) is 21.6. The molecule has 3 amide bonds. The average molecular weight is 627 g/mol. The summed E-state index contributed by atoms with van der Waals surface area (Å²) in [5.74, 6) is -3.48. The molecule has 45 heavy (non-hydrogen) atoms. The Labute approximate surface area is 263 Å². The molecule has 0 bridgehead atoms. The standard InChI is InChI=1S/C33H44F2N6O4/c1-8-10-33(34,35)27-12-26-25(14-37-27)32(6,7)20-41(26)28(42)19-38-15-21(2)40(30(44)45-31(3,4)5)18-23(38)17-39-16-22-9-11-36-13-24(22)29(39)43/h9,11-14,21,23H,8,10,15-20H2,1-7H3/t21-,23+/m1/s1. The zero-order valence-electron chi connectivity index (χ0n) is 27.3. The van der Waals surface area contributed by atoms with Crippen LogP contribution in [0.2, 0.25) is 0 Å². The molecule has 0 saturated carbocycles. The van der Waals surface area contributed by atoms with E-state index in [1.807, 2.05) is 52.5 Å². The molecule has 2 aromatic heterocycles. The lowest BCUT2D eigenvalue weighted by molar-refractivity contribution is -0.121. The Morgan fingerprint density at radius 1 is 1.16 bits per heavy atom. The van der Waals surface area contributed by atoms with Gasteiger partial charge in [0.25, 0.3) is 11.8 Å². The molecule has 5 heterocycles. The lowest BCUT2D eigenvalue weighted by atomic mass is 9.88. The maximum atomic E-state index is 14.9. The first-order chi connectivity index (χ1) is 21.0. The van der Waals surface area contributed by atoms with Crippen molar-refractivity contribution in [3.63, 3.8) is 0 Å². The quantitative estimate of drug-likeness (QED) is 0.429. The molecule has 12 heteroatoms. The van der Waals surface area contributed by atoms with Gasteiger partial charge >= 0.3 is 6.09 Å². The highest BCUT2D eigenvalue weighted by atomic mass is 19.3. The molecule has 3 aliphatic heterocycles. The minimum atomic E-state index is -3.10. The monoisotopic (exact) mass is 626 g/mol. The summed E-state index contributed by atoms with van der Waals surface area (Å²) in [7, 11) is 0. The third-order valence-corrected chi connectivity index (χ3v) is 8.84. The molecule has 2 atom stereocenters. The number of rotatable bonds is 7. The Kier molecular flexibility index (Phi) is 8.67. The van der Waals surface area contributed by atoms with Crippen molar-refractivity contribution in [3.8, 4) is 0 Å². The molecule has 2 aromatic rings. The van der Waals surface area contributed by atoms with E-state index in [0.29, 0.717) is 37.3 Å². The third-order valence-electron chi connectivity index (χ3n) is 8.84. The summed E-state index contributed by atoms with van der Waals surface area (Å²) < 4.78 is 35.5. The van der Waals surface area contributed by atoms with Crippen LogP contribution in [0.3, 0.4) is 0 Å². The number of hydrogen-bond acceptors (Lipinski definition) is 7. The summed E-state index contributed by atoms with van der Waals surface area (Å²) >= 11 is 0. The van der Waals surface area contributed by atoms with Crippen molar-refractivity contribution >= 4 is 23.6 Å². The van der Waals surface area contributed by atoms with Crippen molar-refractivity contribution in [1.82, 2.24) is 24.7 Å². The number of hydrogen-bond donors (Lipinski definition) is 0. The fraction of sp³-hybridized carbons (Fsp3) is 0.606. The number of pyridine rings is 2. The Bertz CT molecular complexity index is 1480. The fourth-order valence-electron chi connectivity index (χ4n) is 6.53. The van der Waals surface area contributed by atoms with E-state index in [9.17, 15) is 23.2 Å². The SMILES string of the molecule is CCCC(F)(F)c1cc2c(cn1)C(C)(C)CN2C(=O)CN1C[C@@H](C)N(C(=O)OC(C)(C)C)C[C@@H]1CN1Cc2ccncc2C1=O. The topological polar surface area (TPSA) is 99.2 Å². The molecule has 0 unspecified atom stereocenters. The highest BCUT2D eigenvalue weighted by Gasteiger charge is 2.44. The average Bonchev–Trinajstić information content (AvgIpc) is 3.41. The molecule has 244 valence electrons. The highest BCUT2D eigenvalue weighted by molar-refractivity contribution is 5.98. The van der Waals surface area contributed by atoms with Crippen LogP contribution in [-0.4, -0.2) is 93.0 Å². The first-order valence-electron chi connectivity index (χ1n) is 15.7. The molecule has 10 nitrogen and oxygen atoms in total. The van der Waals surface area contributed by atoms with Crippen LogP contribution in [0.5, 0.6) is 0 Å². The van der Waals surface area contributed by atoms with Gasteiger partial charge in [-0.2, -0.15) is 8.78 Å². The maximum absolute atomic E-state index is 14.9. The second-order valence-corrected chi connectivity index (χ2v) is 14.2. The Balaban J connectivity index is 1.40. The van der Waals surface area contributed by atoms with E-state index in [2.05, 4.69) is 9.97 Å². The van der Waals surface area contributed by atoms with Crippen LogP contribution in [0.1, 0.15) is 88.5 Å². The summed E-state index contributed by atoms with van der Waals surface area (Å²) in [6, 6.07) is 2.54. The van der Waals surface area contributed by atoms with Gasteiger partial charge in [0.2, 0.25) is 5.91 Å². The summed E-state index contributed by atoms with van der Waals surface area (Å²) in [5.41, 5.74) is 1.15. The van der Waals surface area contributed by atoms with E-state index in [4.69, 9.17) is 4.74 Å². The Morgan fingerprint density at radius 3 is 2.56 bits per heavy atom. The van der Waals surface area contributed by atoms with E-state index in [0.717, 1.165) is 11.1 Å². The highest BCUT2D eigenvalue weighted by Crippen LogP contribution is 2.43. The van der Waals surface area contributed by atoms with Crippen molar-refractivity contribution in [3.05, 3.63) is 53.1 Å². The van der Waals surface area contributed by atoms with Crippen LogP contribution >= 0.6 is 0 Å². The van der Waals surface area contributed by atoms with Gasteiger partial charge in [-0.1, -0.05) is 27.2 Å². The van der Waals surface area contributed by atoms with Gasteiger partial charge in [-0.25, -0.2) is 4.79 Å². The summed E-state index contributed by atoms with van der Waals surface area (Å²) in [5, 5.41) is 0. The van der Waals surface area contributed by atoms with Gasteiger partial charge in [-0.15, -0.1) is 0 Å². The maximum Gasteiger partial charge on any atom is 0.410 e. The van der Waals surface area contributed by atoms with Gasteiger partial charge in [0.05, 0.1) is 17.8 Å². The summed E-state index contributed by atoms with van der Waals surface area (Å²) in [6.45, 7) is 14.6. The number of amides is 3. The minimum absolute atomic E-state index is 0.00771. The van der Waals surface area contributed by atoms with Crippen molar-refractivity contribution in [2.75, 3.05) is 37.6 Å². The van der Waals surface area contributed by atoms with Gasteiger partial charge in [0, 0.05) is 80.8 Å². The predicted molar refractivity (Wildman–Crippen MR) is 165 cm³/mol. The first-order valence-corrected chi connectivity index (χ1v) is 15.7. The molecule has 0 aliphatic carbocycles. The molecular formula is C33H44F2N6O4. The number of fused-ring (bicyclic) bond motifs is 2. The van der Waals surface area contributed by atoms with E-state index >= 15 is 0 Å². The molecule has 1 saturated heterocycles. The Morgan fingerprint density at radius 2 is 1.89 bits per heavy atom. The van der Waals surface area contributed by atoms with E-state index in [1.54, 1.807) is 34.0 Å². The number of carbonyl (C=O) groups is 3. The molecule has 3 aliphatic rings. The number of halogens is 2. The van der Waals surface area contributed by atoms with Crippen molar-refractivity contribution < 1.29 is 27.9 Å². The predicted octanol–water partition coefficient (Wildman–Crippen LogP) is 4.96. The fourth-order valence-corrected chi connectivity index (χ4v) is 6.53. The first kappa shape index (κ1) is 32.7. The molecule has 5 rings (SSSR count). The van der Waals surface area contributed by atoms with Crippen LogP contribution in [0, 0.1) is 0 Å². The van der Waals surface area contributed by atoms with Crippen molar-refractivity contribution in [1.29, 1.82) is 0 Å². The molecule has 0 aromatic carbocycles. The smallest absolute Gasteiger partial charge is 0.410 e. The lowest BCUT2D eigenvalue weighted by Gasteiger charge is -2.46. The molecule has 0 radical (unpaired) electrons. The second kappa shape index (κ2) is 11.9. The lowest BCUT2D eigenvalue weighted by Crippen LogP contribution is -2.63. The molecule has 0 spiro atoms. The van der Waals surface area contributed by atoms with E-state index in [1.165, 1.54) is 12.3 Å². The van der Waals surface area contributed by atoms with Crippen LogP contribution in [0.15, 0.2) is 30.7 Å².